The molecule has 2 aromatic carbocycles. The molecule has 0 saturated heterocycles. The second kappa shape index (κ2) is 9.05. The number of esters is 1. The number of nitrogens with one attached hydrogen (secondary N) is 1. The lowest BCUT2D eigenvalue weighted by Gasteiger charge is -2.13. The zero-order valence-electron chi connectivity index (χ0n) is 17.4. The van der Waals surface area contributed by atoms with Crippen LogP contribution in [0.2, 0.25) is 0 Å². The summed E-state index contributed by atoms with van der Waals surface area (Å²) in [7, 11) is 0. The van der Waals surface area contributed by atoms with Crippen LogP contribution in [0.15, 0.2) is 47.3 Å². The molecule has 1 aliphatic rings. The highest BCUT2D eigenvalue weighted by Crippen LogP contribution is 2.34. The number of carbonyl (C=O) groups is 2. The second-order valence-corrected chi connectivity index (χ2v) is 7.70. The molecule has 0 unspecified atom stereocenters. The molecular weight excluding hydrogens is 439 g/mol. The number of benzene rings is 2. The Bertz CT molecular complexity index is 1280. The number of hydrogen-bond donors (Lipinski definition) is 1. The smallest absolute Gasteiger partial charge is 0.418 e. The third-order valence-electron chi connectivity index (χ3n) is 5.39. The Kier molecular flexibility index (Phi) is 6.17. The number of hydrogen-bond acceptors (Lipinski definition) is 5. The van der Waals surface area contributed by atoms with Crippen LogP contribution in [0.1, 0.15) is 41.0 Å². The Hall–Kier alpha value is -3.69. The predicted octanol–water partition coefficient (Wildman–Crippen LogP) is 3.94. The van der Waals surface area contributed by atoms with E-state index >= 15 is 0 Å². The van der Waals surface area contributed by atoms with Gasteiger partial charge in [-0.25, -0.2) is 9.78 Å². The fourth-order valence-corrected chi connectivity index (χ4v) is 3.79. The van der Waals surface area contributed by atoms with Gasteiger partial charge in [-0.05, 0) is 43.2 Å². The summed E-state index contributed by atoms with van der Waals surface area (Å²) in [5, 5.41) is 2.48. The van der Waals surface area contributed by atoms with Crippen LogP contribution in [0.4, 0.5) is 18.9 Å². The van der Waals surface area contributed by atoms with Crippen molar-refractivity contribution in [3.05, 3.63) is 69.8 Å². The number of carbonyl (C=O) groups excluding carboxylic acids is 2. The molecule has 0 aliphatic carbocycles. The summed E-state index contributed by atoms with van der Waals surface area (Å²) in [4.78, 5) is 41.8. The van der Waals surface area contributed by atoms with Crippen molar-refractivity contribution in [2.75, 3.05) is 11.9 Å². The topological polar surface area (TPSA) is 90.3 Å². The summed E-state index contributed by atoms with van der Waals surface area (Å²) in [5.74, 6) is -1.10. The summed E-state index contributed by atoms with van der Waals surface area (Å²) in [5.41, 5.74) is -1.17. The van der Waals surface area contributed by atoms with E-state index in [0.717, 1.165) is 31.4 Å². The Morgan fingerprint density at radius 3 is 2.67 bits per heavy atom. The van der Waals surface area contributed by atoms with E-state index in [1.165, 1.54) is 30.3 Å². The van der Waals surface area contributed by atoms with Crippen LogP contribution in [-0.4, -0.2) is 28.0 Å². The van der Waals surface area contributed by atoms with Gasteiger partial charge in [0.1, 0.15) is 5.82 Å². The van der Waals surface area contributed by atoms with Crippen molar-refractivity contribution in [3.8, 4) is 0 Å². The number of rotatable bonds is 4. The van der Waals surface area contributed by atoms with Gasteiger partial charge in [-0.15, -0.1) is 0 Å². The third kappa shape index (κ3) is 4.89. The van der Waals surface area contributed by atoms with Crippen LogP contribution in [0, 0.1) is 0 Å². The lowest BCUT2D eigenvalue weighted by Crippen LogP contribution is -2.25. The largest absolute Gasteiger partial charge is 0.452 e. The second-order valence-electron chi connectivity index (χ2n) is 7.70. The van der Waals surface area contributed by atoms with Gasteiger partial charge in [0.2, 0.25) is 0 Å². The van der Waals surface area contributed by atoms with Crippen molar-refractivity contribution in [2.45, 2.75) is 38.4 Å². The molecule has 33 heavy (non-hydrogen) atoms. The van der Waals surface area contributed by atoms with Gasteiger partial charge in [-0.2, -0.15) is 13.2 Å². The van der Waals surface area contributed by atoms with E-state index in [-0.39, 0.29) is 11.1 Å². The van der Waals surface area contributed by atoms with Gasteiger partial charge in [-0.1, -0.05) is 18.6 Å². The van der Waals surface area contributed by atoms with Gasteiger partial charge >= 0.3 is 12.1 Å². The van der Waals surface area contributed by atoms with Gasteiger partial charge in [-0.3, -0.25) is 14.2 Å². The first kappa shape index (κ1) is 22.5. The fourth-order valence-electron chi connectivity index (χ4n) is 3.79. The van der Waals surface area contributed by atoms with E-state index in [1.807, 2.05) is 0 Å². The minimum absolute atomic E-state index is 0.0801. The third-order valence-corrected chi connectivity index (χ3v) is 5.39. The molecule has 4 rings (SSSR count). The van der Waals surface area contributed by atoms with Crippen molar-refractivity contribution < 1.29 is 27.5 Å². The molecule has 10 heteroatoms. The molecule has 172 valence electrons. The van der Waals surface area contributed by atoms with E-state index in [4.69, 9.17) is 4.74 Å². The van der Waals surface area contributed by atoms with Gasteiger partial charge in [0, 0.05) is 13.0 Å². The molecule has 2 heterocycles. The number of aryl methyl sites for hydroxylation is 1. The van der Waals surface area contributed by atoms with Gasteiger partial charge in [0.05, 0.1) is 27.7 Å². The number of aromatic nitrogens is 2. The first-order valence-electron chi connectivity index (χ1n) is 10.4. The summed E-state index contributed by atoms with van der Waals surface area (Å²) in [6.45, 7) is -0.170. The van der Waals surface area contributed by atoms with E-state index in [2.05, 4.69) is 10.3 Å². The van der Waals surface area contributed by atoms with Gasteiger partial charge in [0.25, 0.3) is 11.5 Å². The van der Waals surface area contributed by atoms with Crippen molar-refractivity contribution in [2.24, 2.45) is 0 Å². The van der Waals surface area contributed by atoms with E-state index in [0.29, 0.717) is 29.7 Å². The predicted molar refractivity (Wildman–Crippen MR) is 114 cm³/mol. The van der Waals surface area contributed by atoms with Crippen molar-refractivity contribution in [1.29, 1.82) is 0 Å². The number of halogens is 3. The zero-order chi connectivity index (χ0) is 23.6. The molecule has 3 aromatic rings. The number of fused-ring (bicyclic) bond motifs is 2. The first-order chi connectivity index (χ1) is 15.7. The van der Waals surface area contributed by atoms with Crippen LogP contribution in [0.3, 0.4) is 0 Å². The van der Waals surface area contributed by atoms with Crippen molar-refractivity contribution >= 4 is 28.5 Å². The Labute approximate surface area is 186 Å². The molecule has 0 fully saturated rings. The highest BCUT2D eigenvalue weighted by atomic mass is 19.4. The molecule has 1 amide bonds. The van der Waals surface area contributed by atoms with Gasteiger partial charge in [0.15, 0.2) is 6.61 Å². The molecular formula is C23H20F3N3O4. The minimum atomic E-state index is -4.64. The number of alkyl halides is 3. The van der Waals surface area contributed by atoms with Crippen molar-refractivity contribution in [1.82, 2.24) is 9.55 Å². The molecule has 0 radical (unpaired) electrons. The maximum Gasteiger partial charge on any atom is 0.418 e. The Morgan fingerprint density at radius 2 is 1.88 bits per heavy atom. The maximum absolute atomic E-state index is 13.1. The summed E-state index contributed by atoms with van der Waals surface area (Å²) >= 11 is 0. The monoisotopic (exact) mass is 459 g/mol. The van der Waals surface area contributed by atoms with Crippen LogP contribution in [-0.2, 0) is 28.7 Å². The summed E-state index contributed by atoms with van der Waals surface area (Å²) in [6.07, 6.45) is -1.15. The lowest BCUT2D eigenvalue weighted by atomic mass is 10.1. The number of nitrogens with zero attached hydrogens (tertiary/aromatic N) is 2. The van der Waals surface area contributed by atoms with Crippen LogP contribution < -0.4 is 10.9 Å². The van der Waals surface area contributed by atoms with Crippen molar-refractivity contribution in [3.63, 3.8) is 0 Å². The standard InChI is InChI=1S/C23H20F3N3O4/c24-23(25,26)16-6-3-4-7-17(16)28-20(30)13-33-22(32)14-9-10-15-18(12-14)27-19-8-2-1-5-11-29(19)21(15)31/h3-4,6-7,9-10,12H,1-2,5,8,11,13H2,(H,28,30). The lowest BCUT2D eigenvalue weighted by molar-refractivity contribution is -0.137. The Morgan fingerprint density at radius 1 is 1.09 bits per heavy atom. The normalized spacial score (nSPS) is 13.8. The highest BCUT2D eigenvalue weighted by Gasteiger charge is 2.33. The SMILES string of the molecule is O=C(COC(=O)c1ccc2c(=O)n3c(nc2c1)CCCCC3)Nc1ccccc1C(F)(F)F. The molecule has 1 aliphatic heterocycles. The maximum atomic E-state index is 13.1. The number of para-hydroxylation sites is 1. The zero-order valence-corrected chi connectivity index (χ0v) is 17.4. The van der Waals surface area contributed by atoms with Crippen LogP contribution in [0.5, 0.6) is 0 Å². The van der Waals surface area contributed by atoms with Crippen LogP contribution in [0.25, 0.3) is 10.9 Å². The average Bonchev–Trinajstić information content (AvgIpc) is 3.02. The first-order valence-corrected chi connectivity index (χ1v) is 10.4. The highest BCUT2D eigenvalue weighted by molar-refractivity contribution is 5.97. The fraction of sp³-hybridized carbons (Fsp3) is 0.304. The van der Waals surface area contributed by atoms with Crippen LogP contribution >= 0.6 is 0 Å². The molecule has 7 nitrogen and oxygen atoms in total. The molecule has 1 N–H and O–H groups in total. The molecule has 0 bridgehead atoms. The number of ether oxygens (including phenoxy) is 1. The van der Waals surface area contributed by atoms with E-state index in [9.17, 15) is 27.6 Å². The molecule has 1 aromatic heterocycles. The molecule has 0 saturated carbocycles. The minimum Gasteiger partial charge on any atom is -0.452 e. The van der Waals surface area contributed by atoms with E-state index < -0.39 is 35.9 Å². The number of anilines is 1. The summed E-state index contributed by atoms with van der Waals surface area (Å²) in [6, 6.07) is 8.81. The Balaban J connectivity index is 1.47. The molecule has 0 spiro atoms. The van der Waals surface area contributed by atoms with E-state index in [1.54, 1.807) is 4.57 Å². The summed E-state index contributed by atoms with van der Waals surface area (Å²) < 4.78 is 45.8. The number of amides is 1. The average molecular weight is 459 g/mol. The quantitative estimate of drug-likeness (QED) is 0.597. The van der Waals surface area contributed by atoms with Gasteiger partial charge < -0.3 is 10.1 Å². The molecule has 0 atom stereocenters.